The molecule has 0 amide bonds. The molecule has 0 heterocycles. The lowest BCUT2D eigenvalue weighted by Crippen LogP contribution is -2.15. The van der Waals surface area contributed by atoms with E-state index in [1.54, 1.807) is 36.4 Å². The molecule has 0 saturated carbocycles. The van der Waals surface area contributed by atoms with Crippen molar-refractivity contribution in [1.82, 2.24) is 5.32 Å². The van der Waals surface area contributed by atoms with E-state index in [0.717, 1.165) is 12.1 Å². The minimum Gasteiger partial charge on any atom is -0.313 e. The van der Waals surface area contributed by atoms with Gasteiger partial charge in [-0.2, -0.15) is 0 Å². The summed E-state index contributed by atoms with van der Waals surface area (Å²) in [6.45, 7) is 3.50. The Morgan fingerprint density at radius 3 is 2.57 bits per heavy atom. The Morgan fingerprint density at radius 2 is 1.86 bits per heavy atom. The summed E-state index contributed by atoms with van der Waals surface area (Å²) < 4.78 is 28.2. The first kappa shape index (κ1) is 16.0. The van der Waals surface area contributed by atoms with Crippen LogP contribution in [0.4, 0.5) is 5.69 Å². The molecule has 4 nitrogen and oxygen atoms in total. The molecule has 0 aliphatic heterocycles. The Kier molecular flexibility index (Phi) is 5.39. The van der Waals surface area contributed by atoms with E-state index in [4.69, 9.17) is 0 Å². The molecule has 0 atom stereocenters. The molecule has 0 radical (unpaired) electrons. The average molecular weight is 369 g/mol. The molecule has 0 saturated heterocycles. The lowest BCUT2D eigenvalue weighted by Gasteiger charge is -2.11. The highest BCUT2D eigenvalue weighted by molar-refractivity contribution is 9.10. The van der Waals surface area contributed by atoms with E-state index in [2.05, 4.69) is 26.0 Å². The first-order valence-corrected chi connectivity index (χ1v) is 8.87. The molecule has 0 unspecified atom stereocenters. The van der Waals surface area contributed by atoms with Gasteiger partial charge in [0.25, 0.3) is 10.0 Å². The van der Waals surface area contributed by atoms with Crippen molar-refractivity contribution < 1.29 is 8.42 Å². The highest BCUT2D eigenvalue weighted by Gasteiger charge is 2.15. The molecule has 0 aliphatic carbocycles. The molecule has 2 rings (SSSR count). The summed E-state index contributed by atoms with van der Waals surface area (Å²) >= 11 is 3.33. The highest BCUT2D eigenvalue weighted by Crippen LogP contribution is 2.24. The van der Waals surface area contributed by atoms with Gasteiger partial charge in [-0.1, -0.05) is 31.2 Å². The fraction of sp³-hybridized carbons (Fsp3) is 0.200. The summed E-state index contributed by atoms with van der Waals surface area (Å²) in [5.74, 6) is 0. The van der Waals surface area contributed by atoms with Gasteiger partial charge in [-0.3, -0.25) is 4.72 Å². The molecule has 2 aromatic carbocycles. The topological polar surface area (TPSA) is 58.2 Å². The highest BCUT2D eigenvalue weighted by atomic mass is 79.9. The third-order valence-corrected chi connectivity index (χ3v) is 4.96. The van der Waals surface area contributed by atoms with Crippen LogP contribution in [0.25, 0.3) is 0 Å². The summed E-state index contributed by atoms with van der Waals surface area (Å²) in [7, 11) is -3.59. The number of sulfonamides is 1. The third kappa shape index (κ3) is 4.30. The lowest BCUT2D eigenvalue weighted by atomic mass is 10.2. The second-order valence-corrected chi connectivity index (χ2v) is 7.05. The van der Waals surface area contributed by atoms with E-state index in [-0.39, 0.29) is 4.90 Å². The summed E-state index contributed by atoms with van der Waals surface area (Å²) in [5, 5.41) is 3.18. The Morgan fingerprint density at radius 1 is 1.10 bits per heavy atom. The van der Waals surface area contributed by atoms with Gasteiger partial charge in [-0.05, 0) is 52.3 Å². The normalized spacial score (nSPS) is 11.3. The van der Waals surface area contributed by atoms with Crippen molar-refractivity contribution in [3.8, 4) is 0 Å². The van der Waals surface area contributed by atoms with E-state index < -0.39 is 10.0 Å². The first-order valence-electron chi connectivity index (χ1n) is 6.60. The van der Waals surface area contributed by atoms with Crippen LogP contribution in [-0.2, 0) is 16.6 Å². The second kappa shape index (κ2) is 7.06. The number of hydrogen-bond donors (Lipinski definition) is 2. The van der Waals surface area contributed by atoms with E-state index in [0.29, 0.717) is 16.7 Å². The number of anilines is 1. The van der Waals surface area contributed by atoms with Crippen molar-refractivity contribution >= 4 is 31.6 Å². The van der Waals surface area contributed by atoms with E-state index in [1.807, 2.05) is 19.1 Å². The zero-order chi connectivity index (χ0) is 15.3. The van der Waals surface area contributed by atoms with Crippen LogP contribution < -0.4 is 10.0 Å². The fourth-order valence-electron chi connectivity index (χ4n) is 1.84. The van der Waals surface area contributed by atoms with Crippen LogP contribution in [-0.4, -0.2) is 15.0 Å². The monoisotopic (exact) mass is 368 g/mol. The predicted octanol–water partition coefficient (Wildman–Crippen LogP) is 3.36. The van der Waals surface area contributed by atoms with Crippen LogP contribution in [0.2, 0.25) is 0 Å². The molecule has 6 heteroatoms. The van der Waals surface area contributed by atoms with Gasteiger partial charge < -0.3 is 5.32 Å². The van der Waals surface area contributed by atoms with Crippen LogP contribution >= 0.6 is 15.9 Å². The Balaban J connectivity index is 2.25. The van der Waals surface area contributed by atoms with Crippen LogP contribution in [0.5, 0.6) is 0 Å². The Labute approximate surface area is 133 Å². The molecule has 21 heavy (non-hydrogen) atoms. The number of rotatable bonds is 6. The molecule has 0 spiro atoms. The van der Waals surface area contributed by atoms with Crippen molar-refractivity contribution in [3.63, 3.8) is 0 Å². The summed E-state index contributed by atoms with van der Waals surface area (Å²) in [5.41, 5.74) is 1.46. The number of benzene rings is 2. The van der Waals surface area contributed by atoms with E-state index in [9.17, 15) is 8.42 Å². The number of halogens is 1. The molecule has 0 bridgehead atoms. The molecular weight excluding hydrogens is 352 g/mol. The smallest absolute Gasteiger partial charge is 0.261 e. The Bertz CT molecular complexity index is 717. The van der Waals surface area contributed by atoms with Crippen LogP contribution in [0, 0.1) is 0 Å². The van der Waals surface area contributed by atoms with Gasteiger partial charge in [0.2, 0.25) is 0 Å². The number of para-hydroxylation sites is 1. The maximum absolute atomic E-state index is 12.4. The number of hydrogen-bond acceptors (Lipinski definition) is 3. The van der Waals surface area contributed by atoms with Gasteiger partial charge in [-0.15, -0.1) is 0 Å². The molecular formula is C15H17BrN2O2S. The zero-order valence-corrected chi connectivity index (χ0v) is 14.0. The molecule has 2 N–H and O–H groups in total. The Hall–Kier alpha value is -1.37. The minimum atomic E-state index is -3.59. The van der Waals surface area contributed by atoms with Crippen molar-refractivity contribution in [1.29, 1.82) is 0 Å². The quantitative estimate of drug-likeness (QED) is 0.821. The number of nitrogens with one attached hydrogen (secondary N) is 2. The second-order valence-electron chi connectivity index (χ2n) is 4.51. The molecule has 0 aromatic heterocycles. The van der Waals surface area contributed by atoms with Crippen molar-refractivity contribution in [2.75, 3.05) is 11.3 Å². The zero-order valence-electron chi connectivity index (χ0n) is 11.6. The third-order valence-electron chi connectivity index (χ3n) is 2.91. The minimum absolute atomic E-state index is 0.258. The summed E-state index contributed by atoms with van der Waals surface area (Å²) in [6.07, 6.45) is 0. The molecule has 0 aliphatic rings. The van der Waals surface area contributed by atoms with Crippen molar-refractivity contribution in [2.24, 2.45) is 0 Å². The molecule has 112 valence electrons. The SMILES string of the molecule is CCNCc1cccc(S(=O)(=O)Nc2ccccc2Br)c1. The van der Waals surface area contributed by atoms with Gasteiger partial charge in [0.1, 0.15) is 0 Å². The van der Waals surface area contributed by atoms with Crippen molar-refractivity contribution in [3.05, 3.63) is 58.6 Å². The fourth-order valence-corrected chi connectivity index (χ4v) is 3.50. The van der Waals surface area contributed by atoms with Gasteiger partial charge in [0, 0.05) is 11.0 Å². The van der Waals surface area contributed by atoms with E-state index in [1.165, 1.54) is 0 Å². The van der Waals surface area contributed by atoms with Crippen molar-refractivity contribution in [2.45, 2.75) is 18.4 Å². The standard InChI is InChI=1S/C15H17BrN2O2S/c1-2-17-11-12-6-5-7-13(10-12)21(19,20)18-15-9-4-3-8-14(15)16/h3-10,17-18H,2,11H2,1H3. The van der Waals surface area contributed by atoms with Gasteiger partial charge >= 0.3 is 0 Å². The van der Waals surface area contributed by atoms with Crippen LogP contribution in [0.1, 0.15) is 12.5 Å². The van der Waals surface area contributed by atoms with Gasteiger partial charge in [-0.25, -0.2) is 8.42 Å². The summed E-state index contributed by atoms with van der Waals surface area (Å²) in [6, 6.07) is 14.0. The lowest BCUT2D eigenvalue weighted by molar-refractivity contribution is 0.601. The predicted molar refractivity (Wildman–Crippen MR) is 88.8 cm³/mol. The van der Waals surface area contributed by atoms with E-state index >= 15 is 0 Å². The van der Waals surface area contributed by atoms with Gasteiger partial charge in [0.15, 0.2) is 0 Å². The average Bonchev–Trinajstić information content (AvgIpc) is 2.48. The molecule has 2 aromatic rings. The summed E-state index contributed by atoms with van der Waals surface area (Å²) in [4.78, 5) is 0.258. The first-order chi connectivity index (χ1) is 10.0. The largest absolute Gasteiger partial charge is 0.313 e. The maximum Gasteiger partial charge on any atom is 0.261 e. The maximum atomic E-state index is 12.4. The molecule has 0 fully saturated rings. The van der Waals surface area contributed by atoms with Crippen LogP contribution in [0.15, 0.2) is 57.9 Å². The van der Waals surface area contributed by atoms with Crippen LogP contribution in [0.3, 0.4) is 0 Å². The van der Waals surface area contributed by atoms with Gasteiger partial charge in [0.05, 0.1) is 10.6 Å².